The number of carbonyl (C=O) groups excluding carboxylic acids is 3. The van der Waals surface area contributed by atoms with Gasteiger partial charge in [-0.1, -0.05) is 27.7 Å². The van der Waals surface area contributed by atoms with Crippen molar-refractivity contribution in [1.82, 2.24) is 0 Å². The van der Waals surface area contributed by atoms with Crippen LogP contribution in [-0.4, -0.2) is 66.8 Å². The molecule has 0 aromatic heterocycles. The van der Waals surface area contributed by atoms with Crippen molar-refractivity contribution in [2.75, 3.05) is 7.11 Å². The summed E-state index contributed by atoms with van der Waals surface area (Å²) in [6, 6.07) is 0. The first-order valence-electron chi connectivity index (χ1n) is 9.67. The Morgan fingerprint density at radius 1 is 0.862 bits per heavy atom. The summed E-state index contributed by atoms with van der Waals surface area (Å²) < 4.78 is 27.3. The van der Waals surface area contributed by atoms with E-state index in [1.54, 1.807) is 20.8 Å². The highest BCUT2D eigenvalue weighted by Gasteiger charge is 2.52. The number of carbonyl (C=O) groups is 4. The van der Waals surface area contributed by atoms with Gasteiger partial charge in [0, 0.05) is 26.4 Å². The first-order chi connectivity index (χ1) is 13.7. The van der Waals surface area contributed by atoms with Crippen LogP contribution in [0.3, 0.4) is 0 Å². The summed E-state index contributed by atoms with van der Waals surface area (Å²) in [5, 5.41) is 9.25. The molecule has 29 heavy (non-hydrogen) atoms. The lowest BCUT2D eigenvalue weighted by Gasteiger charge is -2.44. The largest absolute Gasteiger partial charge is 0.481 e. The first-order valence-corrected chi connectivity index (χ1v) is 9.67. The molecule has 10 nitrogen and oxygen atoms in total. The van der Waals surface area contributed by atoms with Crippen LogP contribution in [-0.2, 0) is 42.9 Å². The summed E-state index contributed by atoms with van der Waals surface area (Å²) in [5.74, 6) is -3.69. The average molecular weight is 418 g/mol. The standard InChI is InChI=1S/C19H30O10/c1-6-12(20)27-15-11(9-10(4)18(23)24)26-19(25-5)17(29-14(22)8-3)16(15)28-13(21)7-2/h10-11,15-17,19H,6-9H2,1-5H3,(H,23,24)/t10?,11-,15+,16+,17-,19-/m1/s1. The van der Waals surface area contributed by atoms with Gasteiger partial charge in [-0.25, -0.2) is 0 Å². The second kappa shape index (κ2) is 11.7. The van der Waals surface area contributed by atoms with Crippen LogP contribution < -0.4 is 0 Å². The van der Waals surface area contributed by atoms with Gasteiger partial charge in [0.05, 0.1) is 5.92 Å². The molecule has 10 heteroatoms. The Morgan fingerprint density at radius 3 is 1.72 bits per heavy atom. The SMILES string of the molecule is CCC(=O)O[C@H]1[C@@H](OC(=O)CC)[C@@H](CC(C)C(=O)O)O[C@@H](OC)[C@@H]1OC(=O)CC. The van der Waals surface area contributed by atoms with Crippen LogP contribution in [0.5, 0.6) is 0 Å². The third kappa shape index (κ3) is 6.97. The molecule has 0 radical (unpaired) electrons. The van der Waals surface area contributed by atoms with Gasteiger partial charge in [-0.2, -0.15) is 0 Å². The van der Waals surface area contributed by atoms with Gasteiger partial charge in [0.15, 0.2) is 24.6 Å². The molecule has 0 aromatic carbocycles. The molecule has 6 atom stereocenters. The third-order valence-corrected chi connectivity index (χ3v) is 4.50. The minimum Gasteiger partial charge on any atom is -0.481 e. The quantitative estimate of drug-likeness (QED) is 0.410. The Labute approximate surface area is 169 Å². The van der Waals surface area contributed by atoms with E-state index in [9.17, 15) is 24.3 Å². The molecule has 1 aliphatic rings. The lowest BCUT2D eigenvalue weighted by atomic mass is 9.91. The number of aliphatic carboxylic acids is 1. The highest BCUT2D eigenvalue weighted by Crippen LogP contribution is 2.32. The van der Waals surface area contributed by atoms with Gasteiger partial charge in [-0.15, -0.1) is 0 Å². The Balaban J connectivity index is 3.33. The van der Waals surface area contributed by atoms with E-state index in [-0.39, 0.29) is 25.7 Å². The van der Waals surface area contributed by atoms with Crippen molar-refractivity contribution in [3.8, 4) is 0 Å². The maximum Gasteiger partial charge on any atom is 0.306 e. The van der Waals surface area contributed by atoms with Crippen LogP contribution in [0.1, 0.15) is 53.4 Å². The van der Waals surface area contributed by atoms with Gasteiger partial charge in [-0.05, 0) is 6.42 Å². The van der Waals surface area contributed by atoms with Gasteiger partial charge >= 0.3 is 23.9 Å². The molecule has 0 bridgehead atoms. The molecule has 0 aliphatic carbocycles. The van der Waals surface area contributed by atoms with Crippen molar-refractivity contribution in [3.05, 3.63) is 0 Å². The number of methoxy groups -OCH3 is 1. The van der Waals surface area contributed by atoms with E-state index in [1.807, 2.05) is 0 Å². The molecular weight excluding hydrogens is 388 g/mol. The number of carboxylic acids is 1. The molecule has 1 fully saturated rings. The minimum atomic E-state index is -1.21. The summed E-state index contributed by atoms with van der Waals surface area (Å²) in [5.41, 5.74) is 0. The van der Waals surface area contributed by atoms with E-state index in [1.165, 1.54) is 14.0 Å². The smallest absolute Gasteiger partial charge is 0.306 e. The van der Waals surface area contributed by atoms with Crippen molar-refractivity contribution in [2.45, 2.75) is 84.1 Å². The van der Waals surface area contributed by atoms with E-state index >= 15 is 0 Å². The average Bonchev–Trinajstić information content (AvgIpc) is 2.70. The highest BCUT2D eigenvalue weighted by atomic mass is 16.7. The second-order valence-electron chi connectivity index (χ2n) is 6.68. The summed E-state index contributed by atoms with van der Waals surface area (Å²) in [6.45, 7) is 6.23. The van der Waals surface area contributed by atoms with Crippen LogP contribution >= 0.6 is 0 Å². The number of rotatable bonds is 10. The minimum absolute atomic E-state index is 0.0358. The Bertz CT molecular complexity index is 590. The van der Waals surface area contributed by atoms with Crippen LogP contribution in [0.4, 0.5) is 0 Å². The van der Waals surface area contributed by atoms with E-state index in [0.717, 1.165) is 0 Å². The fraction of sp³-hybridized carbons (Fsp3) is 0.789. The molecule has 1 saturated heterocycles. The van der Waals surface area contributed by atoms with Gasteiger partial charge in [-0.3, -0.25) is 19.2 Å². The number of hydrogen-bond donors (Lipinski definition) is 1. The lowest BCUT2D eigenvalue weighted by Crippen LogP contribution is -2.62. The molecule has 0 saturated carbocycles. The topological polar surface area (TPSA) is 135 Å². The van der Waals surface area contributed by atoms with Gasteiger partial charge in [0.1, 0.15) is 6.10 Å². The van der Waals surface area contributed by atoms with Crippen molar-refractivity contribution >= 4 is 23.9 Å². The summed E-state index contributed by atoms with van der Waals surface area (Å²) >= 11 is 0. The maximum absolute atomic E-state index is 12.0. The zero-order valence-corrected chi connectivity index (χ0v) is 17.4. The van der Waals surface area contributed by atoms with E-state index < -0.39 is 60.5 Å². The maximum atomic E-state index is 12.0. The summed E-state index contributed by atoms with van der Waals surface area (Å²) in [4.78, 5) is 47.3. The fourth-order valence-electron chi connectivity index (χ4n) is 2.81. The fourth-order valence-corrected chi connectivity index (χ4v) is 2.81. The molecule has 1 rings (SSSR count). The molecule has 1 heterocycles. The van der Waals surface area contributed by atoms with Crippen molar-refractivity contribution < 1.29 is 48.0 Å². The van der Waals surface area contributed by atoms with Crippen molar-refractivity contribution in [2.24, 2.45) is 5.92 Å². The Morgan fingerprint density at radius 2 is 1.31 bits per heavy atom. The van der Waals surface area contributed by atoms with Crippen LogP contribution in [0.2, 0.25) is 0 Å². The van der Waals surface area contributed by atoms with Crippen LogP contribution in [0.25, 0.3) is 0 Å². The van der Waals surface area contributed by atoms with E-state index in [2.05, 4.69) is 0 Å². The number of ether oxygens (including phenoxy) is 5. The molecule has 0 spiro atoms. The molecule has 1 N–H and O–H groups in total. The second-order valence-corrected chi connectivity index (χ2v) is 6.68. The summed E-state index contributed by atoms with van der Waals surface area (Å²) in [6.07, 6.45) is -5.55. The number of hydrogen-bond acceptors (Lipinski definition) is 9. The Kier molecular flexibility index (Phi) is 10.0. The summed E-state index contributed by atoms with van der Waals surface area (Å²) in [7, 11) is 1.31. The normalized spacial score (nSPS) is 27.6. The monoisotopic (exact) mass is 418 g/mol. The number of carboxylic acid groups (broad SMARTS) is 1. The molecule has 1 unspecified atom stereocenters. The molecule has 166 valence electrons. The van der Waals surface area contributed by atoms with Gasteiger partial charge in [0.25, 0.3) is 0 Å². The highest BCUT2D eigenvalue weighted by molar-refractivity contribution is 5.71. The lowest BCUT2D eigenvalue weighted by molar-refractivity contribution is -0.300. The molecule has 1 aliphatic heterocycles. The molecule has 0 aromatic rings. The van der Waals surface area contributed by atoms with Crippen molar-refractivity contribution in [3.63, 3.8) is 0 Å². The van der Waals surface area contributed by atoms with E-state index in [0.29, 0.717) is 0 Å². The van der Waals surface area contributed by atoms with Gasteiger partial charge < -0.3 is 28.8 Å². The molecule has 0 amide bonds. The zero-order valence-electron chi connectivity index (χ0n) is 17.4. The van der Waals surface area contributed by atoms with Crippen LogP contribution in [0.15, 0.2) is 0 Å². The Hall–Kier alpha value is -2.20. The first kappa shape index (κ1) is 24.8. The predicted molar refractivity (Wildman–Crippen MR) is 97.6 cm³/mol. The zero-order chi connectivity index (χ0) is 22.1. The van der Waals surface area contributed by atoms with Crippen LogP contribution in [0, 0.1) is 5.92 Å². The predicted octanol–water partition coefficient (Wildman–Crippen LogP) is 1.43. The molecular formula is C19H30O10. The third-order valence-electron chi connectivity index (χ3n) is 4.50. The van der Waals surface area contributed by atoms with Gasteiger partial charge in [0.2, 0.25) is 0 Å². The van der Waals surface area contributed by atoms with Crippen molar-refractivity contribution in [1.29, 1.82) is 0 Å². The van der Waals surface area contributed by atoms with E-state index in [4.69, 9.17) is 23.7 Å². The number of esters is 3.